The van der Waals surface area contributed by atoms with Crippen LogP contribution in [0.2, 0.25) is 0 Å². The maximum absolute atomic E-state index is 13.8. The molecule has 0 radical (unpaired) electrons. The summed E-state index contributed by atoms with van der Waals surface area (Å²) in [6.07, 6.45) is 2.57. The van der Waals surface area contributed by atoms with E-state index in [4.69, 9.17) is 19.4 Å². The van der Waals surface area contributed by atoms with E-state index in [-0.39, 0.29) is 36.3 Å². The SMILES string of the molecule is C=CC1=C(C)c2cc3[nH]c(c4c5[nH]c(cc6nc(cc1n2)C(C)=C6CC)c(C)c5C(=O)OC4=O)[C@@H](CCC(=O)N(C)CCNC(=O)OC(C)(C)C)[C@@H]3C. The number of aromatic amines is 2. The van der Waals surface area contributed by atoms with Gasteiger partial charge in [0.15, 0.2) is 0 Å². The highest BCUT2D eigenvalue weighted by atomic mass is 16.6. The Balaban J connectivity index is 1.47. The van der Waals surface area contributed by atoms with Crippen LogP contribution in [0.4, 0.5) is 4.79 Å². The quantitative estimate of drug-likeness (QED) is 0.184. The van der Waals surface area contributed by atoms with Gasteiger partial charge < -0.3 is 29.7 Å². The van der Waals surface area contributed by atoms with E-state index in [2.05, 4.69) is 35.7 Å². The third kappa shape index (κ3) is 7.02. The minimum atomic E-state index is -0.763. The van der Waals surface area contributed by atoms with Crippen molar-refractivity contribution in [2.45, 2.75) is 92.1 Å². The average Bonchev–Trinajstić information content (AvgIpc) is 3.75. The minimum Gasteiger partial charge on any atom is -0.444 e. The van der Waals surface area contributed by atoms with Crippen LogP contribution in [0.1, 0.15) is 140 Å². The van der Waals surface area contributed by atoms with Crippen LogP contribution in [0.3, 0.4) is 0 Å². The van der Waals surface area contributed by atoms with Crippen molar-refractivity contribution in [3.63, 3.8) is 0 Å². The van der Waals surface area contributed by atoms with Crippen molar-refractivity contribution < 1.29 is 28.7 Å². The second-order valence-corrected chi connectivity index (χ2v) is 15.0. The number of likely N-dealkylation sites (N-methyl/N-ethyl adjacent to an activating group) is 1. The third-order valence-corrected chi connectivity index (χ3v) is 10.5. The average molecular weight is 721 g/mol. The van der Waals surface area contributed by atoms with Gasteiger partial charge in [-0.15, -0.1) is 0 Å². The van der Waals surface area contributed by atoms with Gasteiger partial charge in [0, 0.05) is 60.9 Å². The molecule has 0 aromatic carbocycles. The molecule has 6 rings (SSSR count). The topological polar surface area (TPSA) is 159 Å². The molecule has 2 atom stereocenters. The van der Waals surface area contributed by atoms with E-state index in [9.17, 15) is 19.2 Å². The number of nitrogens with zero attached hydrogens (tertiary/aromatic N) is 3. The molecule has 0 unspecified atom stereocenters. The number of alkyl carbamates (subject to hydrolysis) is 1. The fourth-order valence-corrected chi connectivity index (χ4v) is 7.47. The Morgan fingerprint density at radius 2 is 1.68 bits per heavy atom. The van der Waals surface area contributed by atoms with Crippen LogP contribution in [-0.2, 0) is 14.3 Å². The van der Waals surface area contributed by atoms with Crippen molar-refractivity contribution in [1.29, 1.82) is 0 Å². The Kier molecular flexibility index (Phi) is 9.93. The van der Waals surface area contributed by atoms with Crippen LogP contribution in [-0.4, -0.2) is 74.5 Å². The lowest BCUT2D eigenvalue weighted by Gasteiger charge is -2.23. The van der Waals surface area contributed by atoms with E-state index in [0.717, 1.165) is 57.2 Å². The summed E-state index contributed by atoms with van der Waals surface area (Å²) in [5.74, 6) is -2.08. The molecular formula is C41H48N6O6. The molecule has 0 spiro atoms. The molecule has 0 fully saturated rings. The van der Waals surface area contributed by atoms with E-state index in [1.165, 1.54) is 0 Å². The Morgan fingerprint density at radius 3 is 2.36 bits per heavy atom. The van der Waals surface area contributed by atoms with Gasteiger partial charge in [0.2, 0.25) is 5.91 Å². The summed E-state index contributed by atoms with van der Waals surface area (Å²) in [4.78, 5) is 71.1. The molecule has 8 bridgehead atoms. The lowest BCUT2D eigenvalue weighted by Crippen LogP contribution is -2.38. The number of H-pyrrole nitrogens is 2. The Hall–Kier alpha value is -5.52. The molecule has 12 nitrogen and oxygen atoms in total. The number of hydrogen-bond donors (Lipinski definition) is 3. The number of nitrogens with one attached hydrogen (secondary N) is 3. The molecule has 3 N–H and O–H groups in total. The zero-order chi connectivity index (χ0) is 38.5. The molecule has 0 saturated heterocycles. The highest BCUT2D eigenvalue weighted by molar-refractivity contribution is 6.18. The van der Waals surface area contributed by atoms with Crippen molar-refractivity contribution in [2.75, 3.05) is 20.1 Å². The van der Waals surface area contributed by atoms with Gasteiger partial charge in [-0.2, -0.15) is 0 Å². The summed E-state index contributed by atoms with van der Waals surface area (Å²) < 4.78 is 10.7. The summed E-state index contributed by atoms with van der Waals surface area (Å²) >= 11 is 0. The molecular weight excluding hydrogens is 672 g/mol. The Bertz CT molecular complexity index is 2210. The number of cyclic esters (lactones) is 2. The first-order chi connectivity index (χ1) is 25.0. The van der Waals surface area contributed by atoms with Gasteiger partial charge in [0.05, 0.1) is 33.9 Å². The first kappa shape index (κ1) is 37.2. The number of fused-ring (bicyclic) bond motifs is 8. The molecule has 2 aromatic heterocycles. The van der Waals surface area contributed by atoms with Crippen LogP contribution in [0.25, 0.3) is 33.3 Å². The van der Waals surface area contributed by atoms with Crippen LogP contribution in [0.15, 0.2) is 30.9 Å². The number of hydrogen-bond acceptors (Lipinski definition) is 8. The summed E-state index contributed by atoms with van der Waals surface area (Å²) in [6.45, 7) is 20.0. The number of amides is 2. The number of aromatic nitrogens is 4. The monoisotopic (exact) mass is 720 g/mol. The highest BCUT2D eigenvalue weighted by Crippen LogP contribution is 2.44. The molecule has 4 aliphatic rings. The molecule has 278 valence electrons. The molecule has 2 amide bonds. The molecule has 6 heterocycles. The van der Waals surface area contributed by atoms with E-state index < -0.39 is 23.6 Å². The Labute approximate surface area is 309 Å². The van der Waals surface area contributed by atoms with Gasteiger partial charge in [-0.3, -0.25) is 4.79 Å². The first-order valence-electron chi connectivity index (χ1n) is 18.1. The maximum atomic E-state index is 13.8. The van der Waals surface area contributed by atoms with Gasteiger partial charge in [-0.05, 0) is 94.9 Å². The normalized spacial score (nSPS) is 17.5. The van der Waals surface area contributed by atoms with Crippen molar-refractivity contribution in [3.05, 3.63) is 81.7 Å². The van der Waals surface area contributed by atoms with Gasteiger partial charge in [0.25, 0.3) is 0 Å². The number of ether oxygens (including phenoxy) is 2. The number of carbonyl (C=O) groups excluding carboxylic acids is 4. The number of esters is 2. The predicted octanol–water partition coefficient (Wildman–Crippen LogP) is 7.76. The molecule has 0 saturated carbocycles. The second-order valence-electron chi connectivity index (χ2n) is 15.0. The second kappa shape index (κ2) is 14.1. The predicted molar refractivity (Wildman–Crippen MR) is 205 cm³/mol. The molecule has 0 aliphatic carbocycles. The summed E-state index contributed by atoms with van der Waals surface area (Å²) in [5.41, 5.74) is 10.0. The largest absolute Gasteiger partial charge is 0.444 e. The van der Waals surface area contributed by atoms with E-state index in [1.54, 1.807) is 32.7 Å². The standard InChI is InChI=1S/C41H48N6O6/c1-11-24-20(3)27-17-29-22(5)26(13-14-33(48)47(10)16-15-42-40(51)53-41(7,8)9)36(45-29)35-37-34(38(49)52-39(35)50)23(6)30(46-37)19-32-25(12-2)21(4)28(44-32)18-31(24)43-27/h11,17-19,22,26,45-46H,1,12-16H2,2-10H3,(H,42,51)/t22-,26-/m0/s1. The lowest BCUT2D eigenvalue weighted by molar-refractivity contribution is -0.130. The maximum Gasteiger partial charge on any atom is 0.407 e. The Morgan fingerprint density at radius 1 is 1.00 bits per heavy atom. The van der Waals surface area contributed by atoms with Gasteiger partial charge >= 0.3 is 18.0 Å². The van der Waals surface area contributed by atoms with Crippen LogP contribution in [0, 0.1) is 6.92 Å². The van der Waals surface area contributed by atoms with Crippen molar-refractivity contribution in [1.82, 2.24) is 30.2 Å². The van der Waals surface area contributed by atoms with Crippen molar-refractivity contribution in [3.8, 4) is 0 Å². The zero-order valence-corrected chi connectivity index (χ0v) is 32.0. The first-order valence-corrected chi connectivity index (χ1v) is 18.1. The van der Waals surface area contributed by atoms with E-state index >= 15 is 0 Å². The van der Waals surface area contributed by atoms with Crippen LogP contribution >= 0.6 is 0 Å². The van der Waals surface area contributed by atoms with E-state index in [0.29, 0.717) is 40.8 Å². The van der Waals surface area contributed by atoms with Crippen molar-refractivity contribution in [2.24, 2.45) is 0 Å². The zero-order valence-electron chi connectivity index (χ0n) is 32.0. The summed E-state index contributed by atoms with van der Waals surface area (Å²) in [6, 6.07) is 5.90. The fourth-order valence-electron chi connectivity index (χ4n) is 7.47. The highest BCUT2D eigenvalue weighted by Gasteiger charge is 2.38. The smallest absolute Gasteiger partial charge is 0.407 e. The van der Waals surface area contributed by atoms with Gasteiger partial charge in [-0.1, -0.05) is 26.5 Å². The third-order valence-electron chi connectivity index (χ3n) is 10.5. The van der Waals surface area contributed by atoms with E-state index in [1.807, 2.05) is 45.0 Å². The van der Waals surface area contributed by atoms with Crippen LogP contribution < -0.4 is 5.32 Å². The van der Waals surface area contributed by atoms with Crippen molar-refractivity contribution >= 4 is 57.3 Å². The summed E-state index contributed by atoms with van der Waals surface area (Å²) in [5, 5.41) is 2.69. The number of carbonyl (C=O) groups is 4. The van der Waals surface area contributed by atoms with Gasteiger partial charge in [0.1, 0.15) is 11.2 Å². The summed E-state index contributed by atoms with van der Waals surface area (Å²) in [7, 11) is 1.69. The number of rotatable bonds is 8. The fraction of sp³-hybridized carbons (Fsp3) is 0.415. The number of allylic oxidation sites excluding steroid dienone is 5. The molecule has 4 aliphatic heterocycles. The minimum absolute atomic E-state index is 0.120. The van der Waals surface area contributed by atoms with Crippen LogP contribution in [0.5, 0.6) is 0 Å². The number of aryl methyl sites for hydroxylation is 1. The molecule has 12 heteroatoms. The molecule has 2 aromatic rings. The lowest BCUT2D eigenvalue weighted by atomic mass is 9.85. The van der Waals surface area contributed by atoms with Gasteiger partial charge in [-0.25, -0.2) is 24.4 Å². The molecule has 53 heavy (non-hydrogen) atoms.